The number of hydrogen-bond donors (Lipinski definition) is 1. The summed E-state index contributed by atoms with van der Waals surface area (Å²) in [5.74, 6) is 7.74. The van der Waals surface area contributed by atoms with Crippen molar-refractivity contribution in [1.29, 1.82) is 0 Å². The van der Waals surface area contributed by atoms with Crippen LogP contribution in [0.25, 0.3) is 0 Å². The van der Waals surface area contributed by atoms with Gasteiger partial charge in [-0.15, -0.1) is 0 Å². The molecular formula is C21H30O. The van der Waals surface area contributed by atoms with Crippen LogP contribution in [0.1, 0.15) is 69.9 Å². The van der Waals surface area contributed by atoms with Crippen LogP contribution in [0.4, 0.5) is 0 Å². The first-order valence-corrected chi connectivity index (χ1v) is 8.99. The van der Waals surface area contributed by atoms with Gasteiger partial charge in [-0.1, -0.05) is 76.3 Å². The van der Waals surface area contributed by atoms with Gasteiger partial charge in [0.15, 0.2) is 0 Å². The van der Waals surface area contributed by atoms with E-state index in [4.69, 9.17) is 0 Å². The third-order valence-corrected chi connectivity index (χ3v) is 4.97. The molecule has 0 heterocycles. The molecule has 1 nitrogen and oxygen atoms in total. The molecule has 1 fully saturated rings. The average Bonchev–Trinajstić information content (AvgIpc) is 2.55. The predicted octanol–water partition coefficient (Wildman–Crippen LogP) is 4.96. The molecular weight excluding hydrogens is 268 g/mol. The van der Waals surface area contributed by atoms with Gasteiger partial charge < -0.3 is 5.11 Å². The maximum absolute atomic E-state index is 10.2. The quantitative estimate of drug-likeness (QED) is 0.762. The van der Waals surface area contributed by atoms with Gasteiger partial charge in [0.25, 0.3) is 0 Å². The van der Waals surface area contributed by atoms with E-state index in [9.17, 15) is 5.11 Å². The summed E-state index contributed by atoms with van der Waals surface area (Å²) >= 11 is 0. The Bertz CT molecular complexity index is 483. The number of benzene rings is 1. The minimum atomic E-state index is -0.474. The largest absolute Gasteiger partial charge is 0.380 e. The predicted molar refractivity (Wildman–Crippen MR) is 93.7 cm³/mol. The van der Waals surface area contributed by atoms with E-state index >= 15 is 0 Å². The summed E-state index contributed by atoms with van der Waals surface area (Å²) in [6, 6.07) is 8.33. The van der Waals surface area contributed by atoms with E-state index in [0.29, 0.717) is 5.92 Å². The van der Waals surface area contributed by atoms with Gasteiger partial charge in [-0.3, -0.25) is 0 Å². The van der Waals surface area contributed by atoms with Gasteiger partial charge in [0.1, 0.15) is 6.10 Å². The lowest BCUT2D eigenvalue weighted by Crippen LogP contribution is -2.19. The molecule has 1 aliphatic carbocycles. The zero-order valence-electron chi connectivity index (χ0n) is 14.1. The molecule has 0 saturated heterocycles. The van der Waals surface area contributed by atoms with Gasteiger partial charge in [0.05, 0.1) is 0 Å². The summed E-state index contributed by atoms with van der Waals surface area (Å²) in [5.41, 5.74) is 2.33. The molecule has 1 aromatic rings. The minimum Gasteiger partial charge on any atom is -0.380 e. The maximum atomic E-state index is 10.2. The molecule has 22 heavy (non-hydrogen) atoms. The van der Waals surface area contributed by atoms with Crippen molar-refractivity contribution in [2.24, 2.45) is 11.8 Å². The SMILES string of the molecule is CCCC1CCC(CC(O)C#Cc2ccc(CC)cc2)CC1. The maximum Gasteiger partial charge on any atom is 0.115 e. The van der Waals surface area contributed by atoms with E-state index in [0.717, 1.165) is 24.3 Å². The number of aliphatic hydroxyl groups is 1. The summed E-state index contributed by atoms with van der Waals surface area (Å²) in [5, 5.41) is 10.2. The molecule has 0 bridgehead atoms. The van der Waals surface area contributed by atoms with Crippen LogP contribution in [0.2, 0.25) is 0 Å². The van der Waals surface area contributed by atoms with Crippen molar-refractivity contribution in [1.82, 2.24) is 0 Å². The second-order valence-corrected chi connectivity index (χ2v) is 6.75. The molecule has 1 heteroatoms. The molecule has 0 aromatic heterocycles. The highest BCUT2D eigenvalue weighted by Crippen LogP contribution is 2.33. The molecule has 1 atom stereocenters. The zero-order chi connectivity index (χ0) is 15.8. The third-order valence-electron chi connectivity index (χ3n) is 4.97. The van der Waals surface area contributed by atoms with Crippen molar-refractivity contribution >= 4 is 0 Å². The summed E-state index contributed by atoms with van der Waals surface area (Å²) in [6.45, 7) is 4.43. The van der Waals surface area contributed by atoms with Crippen molar-refractivity contribution in [2.75, 3.05) is 0 Å². The Labute approximate surface area is 136 Å². The number of aryl methyl sites for hydroxylation is 1. The number of aliphatic hydroxyl groups excluding tert-OH is 1. The van der Waals surface area contributed by atoms with Crippen LogP contribution in [0.3, 0.4) is 0 Å². The highest BCUT2D eigenvalue weighted by molar-refractivity contribution is 5.36. The standard InChI is InChI=1S/C21H30O/c1-3-5-18-10-12-20(13-11-18)16-21(22)15-14-19-8-6-17(4-2)7-9-19/h6-9,18,20-22H,3-5,10-13,16H2,1-2H3. The van der Waals surface area contributed by atoms with Crippen LogP contribution in [-0.4, -0.2) is 11.2 Å². The monoisotopic (exact) mass is 298 g/mol. The van der Waals surface area contributed by atoms with E-state index in [1.165, 1.54) is 44.1 Å². The Morgan fingerprint density at radius 3 is 2.27 bits per heavy atom. The molecule has 0 aliphatic heterocycles. The second kappa shape index (κ2) is 9.01. The normalized spacial score (nSPS) is 22.7. The average molecular weight is 298 g/mol. The Kier molecular flexibility index (Phi) is 7.00. The van der Waals surface area contributed by atoms with Crippen LogP contribution in [-0.2, 0) is 6.42 Å². The molecule has 1 N–H and O–H groups in total. The topological polar surface area (TPSA) is 20.2 Å². The lowest BCUT2D eigenvalue weighted by Gasteiger charge is -2.28. The molecule has 2 rings (SSSR count). The smallest absolute Gasteiger partial charge is 0.115 e. The Morgan fingerprint density at radius 1 is 1.05 bits per heavy atom. The molecule has 120 valence electrons. The van der Waals surface area contributed by atoms with Gasteiger partial charge in [-0.2, -0.15) is 0 Å². The highest BCUT2D eigenvalue weighted by atomic mass is 16.3. The lowest BCUT2D eigenvalue weighted by molar-refractivity contribution is 0.162. The minimum absolute atomic E-state index is 0.474. The first-order chi connectivity index (χ1) is 10.7. The number of hydrogen-bond acceptors (Lipinski definition) is 1. The fourth-order valence-corrected chi connectivity index (χ4v) is 3.53. The van der Waals surface area contributed by atoms with E-state index in [2.05, 4.69) is 50.0 Å². The van der Waals surface area contributed by atoms with Crippen molar-refractivity contribution in [3.63, 3.8) is 0 Å². The lowest BCUT2D eigenvalue weighted by atomic mass is 9.78. The van der Waals surface area contributed by atoms with Gasteiger partial charge in [0.2, 0.25) is 0 Å². The van der Waals surface area contributed by atoms with Crippen molar-refractivity contribution in [3.8, 4) is 11.8 Å². The summed E-state index contributed by atoms with van der Waals surface area (Å²) in [7, 11) is 0. The molecule has 0 amide bonds. The van der Waals surface area contributed by atoms with Crippen LogP contribution in [0, 0.1) is 23.7 Å². The fraction of sp³-hybridized carbons (Fsp3) is 0.619. The van der Waals surface area contributed by atoms with E-state index in [1.54, 1.807) is 0 Å². The summed E-state index contributed by atoms with van der Waals surface area (Å²) in [4.78, 5) is 0. The molecule has 0 spiro atoms. The van der Waals surface area contributed by atoms with Crippen LogP contribution >= 0.6 is 0 Å². The summed E-state index contributed by atoms with van der Waals surface area (Å²) in [6.07, 6.45) is 9.34. The van der Waals surface area contributed by atoms with Crippen molar-refractivity contribution < 1.29 is 5.11 Å². The Balaban J connectivity index is 1.78. The van der Waals surface area contributed by atoms with Gasteiger partial charge in [0, 0.05) is 5.56 Å². The zero-order valence-corrected chi connectivity index (χ0v) is 14.1. The molecule has 0 radical (unpaired) electrons. The highest BCUT2D eigenvalue weighted by Gasteiger charge is 2.22. The first-order valence-electron chi connectivity index (χ1n) is 8.99. The van der Waals surface area contributed by atoms with E-state index < -0.39 is 6.10 Å². The van der Waals surface area contributed by atoms with Gasteiger partial charge in [-0.25, -0.2) is 0 Å². The van der Waals surface area contributed by atoms with Gasteiger partial charge >= 0.3 is 0 Å². The van der Waals surface area contributed by atoms with E-state index in [1.807, 2.05) is 0 Å². The third kappa shape index (κ3) is 5.50. The molecule has 1 saturated carbocycles. The summed E-state index contributed by atoms with van der Waals surface area (Å²) < 4.78 is 0. The fourth-order valence-electron chi connectivity index (χ4n) is 3.53. The van der Waals surface area contributed by atoms with Crippen molar-refractivity contribution in [3.05, 3.63) is 35.4 Å². The Morgan fingerprint density at radius 2 is 1.68 bits per heavy atom. The van der Waals surface area contributed by atoms with Crippen molar-refractivity contribution in [2.45, 2.75) is 71.3 Å². The Hall–Kier alpha value is -1.26. The molecule has 1 aliphatic rings. The first kappa shape index (κ1) is 17.1. The molecule has 1 unspecified atom stereocenters. The number of rotatable bonds is 5. The second-order valence-electron chi connectivity index (χ2n) is 6.75. The van der Waals surface area contributed by atoms with Crippen LogP contribution < -0.4 is 0 Å². The molecule has 1 aromatic carbocycles. The van der Waals surface area contributed by atoms with Gasteiger partial charge in [-0.05, 0) is 42.4 Å². The van der Waals surface area contributed by atoms with E-state index in [-0.39, 0.29) is 0 Å². The van der Waals surface area contributed by atoms with Crippen LogP contribution in [0.5, 0.6) is 0 Å². The van der Waals surface area contributed by atoms with Crippen LogP contribution in [0.15, 0.2) is 24.3 Å².